The first-order valence-corrected chi connectivity index (χ1v) is 6.32. The van der Waals surface area contributed by atoms with Crippen LogP contribution in [0.5, 0.6) is 0 Å². The van der Waals surface area contributed by atoms with Crippen LogP contribution in [0.4, 0.5) is 10.1 Å². The lowest BCUT2D eigenvalue weighted by atomic mass is 10.1. The normalized spacial score (nSPS) is 10.5. The van der Waals surface area contributed by atoms with Crippen LogP contribution in [-0.2, 0) is 13.1 Å². The van der Waals surface area contributed by atoms with Gasteiger partial charge in [0.05, 0.1) is 4.92 Å². The van der Waals surface area contributed by atoms with Gasteiger partial charge in [-0.15, -0.1) is 0 Å². The zero-order valence-corrected chi connectivity index (χ0v) is 11.2. The molecule has 0 unspecified atom stereocenters. The Morgan fingerprint density at radius 2 is 1.85 bits per heavy atom. The van der Waals surface area contributed by atoms with Crippen molar-refractivity contribution in [3.8, 4) is 0 Å². The van der Waals surface area contributed by atoms with E-state index in [0.717, 1.165) is 17.7 Å². The Labute approximate surface area is 120 Å². The first-order chi connectivity index (χ1) is 9.56. The molecule has 0 aliphatic rings. The standard InChI is InChI=1S/C14H12ClFN2O2/c15-12-3-1-10(2-4-12)8-17-9-11-7-13(18(19)20)5-6-14(11)16/h1-7,17H,8-9H2. The molecule has 0 fully saturated rings. The van der Waals surface area contributed by atoms with E-state index in [2.05, 4.69) is 5.32 Å². The highest BCUT2D eigenvalue weighted by Crippen LogP contribution is 2.17. The molecule has 2 aromatic rings. The van der Waals surface area contributed by atoms with E-state index in [1.165, 1.54) is 6.07 Å². The average Bonchev–Trinajstić information content (AvgIpc) is 2.43. The molecule has 6 heteroatoms. The zero-order valence-electron chi connectivity index (χ0n) is 10.5. The predicted octanol–water partition coefficient (Wildman–Crippen LogP) is 3.68. The third-order valence-electron chi connectivity index (χ3n) is 2.80. The van der Waals surface area contributed by atoms with Crippen LogP contribution in [0.2, 0.25) is 5.02 Å². The van der Waals surface area contributed by atoms with Crippen molar-refractivity contribution in [2.75, 3.05) is 0 Å². The molecule has 2 rings (SSSR count). The monoisotopic (exact) mass is 294 g/mol. The summed E-state index contributed by atoms with van der Waals surface area (Å²) >= 11 is 5.78. The first-order valence-electron chi connectivity index (χ1n) is 5.94. The van der Waals surface area contributed by atoms with Crippen molar-refractivity contribution < 1.29 is 9.31 Å². The van der Waals surface area contributed by atoms with Crippen molar-refractivity contribution >= 4 is 17.3 Å². The van der Waals surface area contributed by atoms with E-state index in [1.807, 2.05) is 12.1 Å². The van der Waals surface area contributed by atoms with Crippen LogP contribution in [0.15, 0.2) is 42.5 Å². The maximum Gasteiger partial charge on any atom is 0.269 e. The second-order valence-corrected chi connectivity index (χ2v) is 4.70. The number of hydrogen-bond donors (Lipinski definition) is 1. The third kappa shape index (κ3) is 3.76. The van der Waals surface area contributed by atoms with Crippen molar-refractivity contribution in [2.45, 2.75) is 13.1 Å². The van der Waals surface area contributed by atoms with Crippen molar-refractivity contribution in [3.63, 3.8) is 0 Å². The summed E-state index contributed by atoms with van der Waals surface area (Å²) in [5, 5.41) is 14.3. The van der Waals surface area contributed by atoms with Gasteiger partial charge in [0.1, 0.15) is 5.82 Å². The van der Waals surface area contributed by atoms with Gasteiger partial charge in [0.25, 0.3) is 5.69 Å². The summed E-state index contributed by atoms with van der Waals surface area (Å²) in [6.07, 6.45) is 0. The summed E-state index contributed by atoms with van der Waals surface area (Å²) in [6.45, 7) is 0.745. The molecular formula is C14H12ClFN2O2. The summed E-state index contributed by atoms with van der Waals surface area (Å²) in [4.78, 5) is 10.1. The molecule has 0 radical (unpaired) electrons. The Morgan fingerprint density at radius 3 is 2.50 bits per heavy atom. The number of nitro groups is 1. The molecule has 0 bridgehead atoms. The number of nitrogens with zero attached hydrogens (tertiary/aromatic N) is 1. The fourth-order valence-corrected chi connectivity index (χ4v) is 1.88. The van der Waals surface area contributed by atoms with Crippen molar-refractivity contribution in [2.24, 2.45) is 0 Å². The van der Waals surface area contributed by atoms with Crippen LogP contribution in [0.3, 0.4) is 0 Å². The lowest BCUT2D eigenvalue weighted by molar-refractivity contribution is -0.385. The molecule has 104 valence electrons. The summed E-state index contributed by atoms with van der Waals surface area (Å²) in [5.41, 5.74) is 1.16. The number of nitrogens with one attached hydrogen (secondary N) is 1. The highest BCUT2D eigenvalue weighted by molar-refractivity contribution is 6.30. The first kappa shape index (κ1) is 14.4. The molecule has 1 N–H and O–H groups in total. The minimum absolute atomic E-state index is 0.116. The van der Waals surface area contributed by atoms with Gasteiger partial charge in [0, 0.05) is 35.8 Å². The molecule has 0 aliphatic carbocycles. The minimum atomic E-state index is -0.540. The third-order valence-corrected chi connectivity index (χ3v) is 3.05. The van der Waals surface area contributed by atoms with E-state index >= 15 is 0 Å². The highest BCUT2D eigenvalue weighted by atomic mass is 35.5. The molecule has 0 atom stereocenters. The van der Waals surface area contributed by atoms with Crippen LogP contribution in [0.25, 0.3) is 0 Å². The van der Waals surface area contributed by atoms with Crippen molar-refractivity contribution in [1.29, 1.82) is 0 Å². The molecule has 20 heavy (non-hydrogen) atoms. The molecule has 0 aromatic heterocycles. The van der Waals surface area contributed by atoms with Crippen molar-refractivity contribution in [1.82, 2.24) is 5.32 Å². The number of non-ortho nitro benzene ring substituents is 1. The Morgan fingerprint density at radius 1 is 1.15 bits per heavy atom. The van der Waals surface area contributed by atoms with Crippen LogP contribution in [-0.4, -0.2) is 4.92 Å². The van der Waals surface area contributed by atoms with Gasteiger partial charge in [0.2, 0.25) is 0 Å². The van der Waals surface area contributed by atoms with Gasteiger partial charge >= 0.3 is 0 Å². The van der Waals surface area contributed by atoms with Crippen LogP contribution < -0.4 is 5.32 Å². The van der Waals surface area contributed by atoms with Gasteiger partial charge < -0.3 is 5.32 Å². The lowest BCUT2D eigenvalue weighted by Crippen LogP contribution is -2.13. The van der Waals surface area contributed by atoms with Crippen molar-refractivity contribution in [3.05, 3.63) is 74.5 Å². The van der Waals surface area contributed by atoms with Crippen LogP contribution in [0.1, 0.15) is 11.1 Å². The van der Waals surface area contributed by atoms with Gasteiger partial charge in [-0.05, 0) is 23.8 Å². The molecule has 2 aromatic carbocycles. The van der Waals surface area contributed by atoms with E-state index < -0.39 is 10.7 Å². The van der Waals surface area contributed by atoms with Crippen LogP contribution >= 0.6 is 11.6 Å². The second kappa shape index (κ2) is 6.45. The number of halogens is 2. The molecule has 0 aliphatic heterocycles. The average molecular weight is 295 g/mol. The summed E-state index contributed by atoms with van der Waals surface area (Å²) in [5.74, 6) is -0.459. The Kier molecular flexibility index (Phi) is 4.65. The highest BCUT2D eigenvalue weighted by Gasteiger charge is 2.10. The van der Waals surface area contributed by atoms with Gasteiger partial charge in [0.15, 0.2) is 0 Å². The number of rotatable bonds is 5. The van der Waals surface area contributed by atoms with Gasteiger partial charge in [-0.2, -0.15) is 0 Å². The fraction of sp³-hybridized carbons (Fsp3) is 0.143. The molecule has 0 spiro atoms. The minimum Gasteiger partial charge on any atom is -0.309 e. The van der Waals surface area contributed by atoms with Gasteiger partial charge in [-0.1, -0.05) is 23.7 Å². The summed E-state index contributed by atoms with van der Waals surface area (Å²) in [7, 11) is 0. The summed E-state index contributed by atoms with van der Waals surface area (Å²) in [6, 6.07) is 10.8. The van der Waals surface area contributed by atoms with Crippen LogP contribution in [0, 0.1) is 15.9 Å². The van der Waals surface area contributed by atoms with E-state index in [-0.39, 0.29) is 17.8 Å². The Hall–Kier alpha value is -1.98. The van der Waals surface area contributed by atoms with E-state index in [1.54, 1.807) is 12.1 Å². The molecule has 0 saturated heterocycles. The van der Waals surface area contributed by atoms with Gasteiger partial charge in [-0.3, -0.25) is 10.1 Å². The molecule has 0 heterocycles. The summed E-state index contributed by atoms with van der Waals surface area (Å²) < 4.78 is 13.5. The Bertz CT molecular complexity index is 617. The van der Waals surface area contributed by atoms with E-state index in [4.69, 9.17) is 11.6 Å². The maximum atomic E-state index is 13.5. The Balaban J connectivity index is 1.98. The molecule has 0 amide bonds. The molecule has 4 nitrogen and oxygen atoms in total. The molecule has 0 saturated carbocycles. The SMILES string of the molecule is O=[N+]([O-])c1ccc(F)c(CNCc2ccc(Cl)cc2)c1. The lowest BCUT2D eigenvalue weighted by Gasteiger charge is -2.06. The predicted molar refractivity (Wildman–Crippen MR) is 75.1 cm³/mol. The second-order valence-electron chi connectivity index (χ2n) is 4.26. The zero-order chi connectivity index (χ0) is 14.5. The molecular weight excluding hydrogens is 283 g/mol. The topological polar surface area (TPSA) is 55.2 Å². The van der Waals surface area contributed by atoms with E-state index in [0.29, 0.717) is 11.6 Å². The smallest absolute Gasteiger partial charge is 0.269 e. The fourth-order valence-electron chi connectivity index (χ4n) is 1.75. The van der Waals surface area contributed by atoms with E-state index in [9.17, 15) is 14.5 Å². The quantitative estimate of drug-likeness (QED) is 0.676. The van der Waals surface area contributed by atoms with Gasteiger partial charge in [-0.25, -0.2) is 4.39 Å². The number of hydrogen-bond acceptors (Lipinski definition) is 3. The number of benzene rings is 2. The number of nitro benzene ring substituents is 1. The largest absolute Gasteiger partial charge is 0.309 e. The maximum absolute atomic E-state index is 13.5.